The molecule has 0 aliphatic carbocycles. The van der Waals surface area contributed by atoms with Gasteiger partial charge >= 0.3 is 6.18 Å². The Morgan fingerprint density at radius 1 is 1.45 bits per heavy atom. The van der Waals surface area contributed by atoms with Crippen LogP contribution in [0, 0.1) is 10.1 Å². The normalized spacial score (nSPS) is 14.5. The molecular formula is C10H9ClF3N3O3. The second-order valence-electron chi connectivity index (χ2n) is 4.07. The van der Waals surface area contributed by atoms with E-state index in [1.54, 1.807) is 5.32 Å². The molecule has 1 rings (SSSR count). The maximum absolute atomic E-state index is 12.6. The van der Waals surface area contributed by atoms with Crippen LogP contribution < -0.4 is 11.1 Å². The predicted molar refractivity (Wildman–Crippen MR) is 65.4 cm³/mol. The average molecular weight is 312 g/mol. The highest BCUT2D eigenvalue weighted by Crippen LogP contribution is 2.32. The van der Waals surface area contributed by atoms with Crippen molar-refractivity contribution in [2.24, 2.45) is 5.73 Å². The van der Waals surface area contributed by atoms with Gasteiger partial charge in [0.1, 0.15) is 5.69 Å². The fourth-order valence-corrected chi connectivity index (χ4v) is 1.32. The van der Waals surface area contributed by atoms with Crippen LogP contribution in [0.4, 0.5) is 24.5 Å². The van der Waals surface area contributed by atoms with E-state index in [0.29, 0.717) is 6.92 Å². The number of nitrogens with one attached hydrogen (secondary N) is 1. The first-order chi connectivity index (χ1) is 8.96. The lowest BCUT2D eigenvalue weighted by Gasteiger charge is -2.26. The molecule has 1 aromatic carbocycles. The lowest BCUT2D eigenvalue weighted by Crippen LogP contribution is -2.59. The zero-order valence-corrected chi connectivity index (χ0v) is 10.7. The van der Waals surface area contributed by atoms with Crippen molar-refractivity contribution in [1.82, 2.24) is 0 Å². The molecule has 0 aliphatic heterocycles. The van der Waals surface area contributed by atoms with Gasteiger partial charge in [0.15, 0.2) is 5.54 Å². The smallest absolute Gasteiger partial charge is 0.318 e. The van der Waals surface area contributed by atoms with Gasteiger partial charge in [-0.2, -0.15) is 13.2 Å². The Labute approximate surface area is 115 Å². The van der Waals surface area contributed by atoms with E-state index in [1.165, 1.54) is 6.07 Å². The second kappa shape index (κ2) is 5.25. The molecule has 0 aliphatic rings. The molecule has 1 atom stereocenters. The second-order valence-corrected chi connectivity index (χ2v) is 4.51. The van der Waals surface area contributed by atoms with Gasteiger partial charge < -0.3 is 11.1 Å². The number of nitrogens with zero attached hydrogens (tertiary/aromatic N) is 1. The van der Waals surface area contributed by atoms with Gasteiger partial charge in [-0.05, 0) is 19.1 Å². The molecule has 6 nitrogen and oxygen atoms in total. The first kappa shape index (κ1) is 16.2. The summed E-state index contributed by atoms with van der Waals surface area (Å²) >= 11 is 5.58. The van der Waals surface area contributed by atoms with Crippen molar-refractivity contribution in [2.75, 3.05) is 5.32 Å². The lowest BCUT2D eigenvalue weighted by atomic mass is 10.0. The highest BCUT2D eigenvalue weighted by Gasteiger charge is 2.54. The molecule has 0 saturated heterocycles. The number of nitrogens with two attached hydrogens (primary N) is 1. The van der Waals surface area contributed by atoms with Crippen molar-refractivity contribution in [3.8, 4) is 0 Å². The van der Waals surface area contributed by atoms with Gasteiger partial charge in [0.25, 0.3) is 11.6 Å². The standard InChI is InChI=1S/C10H9ClF3N3O3/c1-9(15,10(12,13)14)8(18)16-6-4-5(11)2-3-7(6)17(19)20/h2-4H,15H2,1H3,(H,16,18). The van der Waals surface area contributed by atoms with Crippen LogP contribution >= 0.6 is 11.6 Å². The number of carbonyl (C=O) groups excluding carboxylic acids is 1. The van der Waals surface area contributed by atoms with Crippen LogP contribution in [-0.4, -0.2) is 22.5 Å². The number of amides is 1. The number of alkyl halides is 3. The van der Waals surface area contributed by atoms with Gasteiger partial charge in [0.05, 0.1) is 4.92 Å². The molecule has 0 bridgehead atoms. The Balaban J connectivity index is 3.14. The van der Waals surface area contributed by atoms with Crippen LogP contribution in [0.25, 0.3) is 0 Å². The molecular weight excluding hydrogens is 303 g/mol. The van der Waals surface area contributed by atoms with E-state index in [2.05, 4.69) is 0 Å². The van der Waals surface area contributed by atoms with Gasteiger partial charge in [-0.1, -0.05) is 11.6 Å². The van der Waals surface area contributed by atoms with Crippen molar-refractivity contribution in [2.45, 2.75) is 18.6 Å². The van der Waals surface area contributed by atoms with Gasteiger partial charge in [-0.3, -0.25) is 14.9 Å². The summed E-state index contributed by atoms with van der Waals surface area (Å²) in [6.07, 6.45) is -5.01. The largest absolute Gasteiger partial charge is 0.415 e. The molecule has 1 unspecified atom stereocenters. The monoisotopic (exact) mass is 311 g/mol. The summed E-state index contributed by atoms with van der Waals surface area (Å²) in [5.41, 5.74) is 0.657. The van der Waals surface area contributed by atoms with E-state index in [9.17, 15) is 28.1 Å². The van der Waals surface area contributed by atoms with E-state index < -0.39 is 33.9 Å². The maximum atomic E-state index is 12.6. The summed E-state index contributed by atoms with van der Waals surface area (Å²) in [7, 11) is 0. The number of hydrogen-bond donors (Lipinski definition) is 2. The maximum Gasteiger partial charge on any atom is 0.415 e. The first-order valence-electron chi connectivity index (χ1n) is 5.08. The Hall–Kier alpha value is -1.87. The molecule has 1 aromatic rings. The first-order valence-corrected chi connectivity index (χ1v) is 5.45. The molecule has 20 heavy (non-hydrogen) atoms. The number of hydrogen-bond acceptors (Lipinski definition) is 4. The fraction of sp³-hybridized carbons (Fsp3) is 0.300. The van der Waals surface area contributed by atoms with Crippen molar-refractivity contribution in [3.05, 3.63) is 33.3 Å². The Morgan fingerprint density at radius 2 is 2.00 bits per heavy atom. The predicted octanol–water partition coefficient (Wildman–Crippen LogP) is 2.47. The third-order valence-electron chi connectivity index (χ3n) is 2.46. The van der Waals surface area contributed by atoms with Crippen LogP contribution in [0.15, 0.2) is 18.2 Å². The molecule has 10 heteroatoms. The van der Waals surface area contributed by atoms with Gasteiger partial charge in [0, 0.05) is 11.1 Å². The van der Waals surface area contributed by atoms with Crippen molar-refractivity contribution >= 4 is 28.9 Å². The average Bonchev–Trinajstić information content (AvgIpc) is 2.26. The number of nitro benzene ring substituents is 1. The number of carbonyl (C=O) groups is 1. The number of halogens is 4. The minimum Gasteiger partial charge on any atom is -0.318 e. The summed E-state index contributed by atoms with van der Waals surface area (Å²) in [5, 5.41) is 12.5. The summed E-state index contributed by atoms with van der Waals surface area (Å²) in [6, 6.07) is 3.09. The molecule has 3 N–H and O–H groups in total. The van der Waals surface area contributed by atoms with Gasteiger partial charge in [-0.15, -0.1) is 0 Å². The lowest BCUT2D eigenvalue weighted by molar-refractivity contribution is -0.383. The van der Waals surface area contributed by atoms with Gasteiger partial charge in [0.2, 0.25) is 0 Å². The van der Waals surface area contributed by atoms with Crippen LogP contribution in [0.5, 0.6) is 0 Å². The molecule has 0 heterocycles. The summed E-state index contributed by atoms with van der Waals surface area (Å²) in [4.78, 5) is 21.4. The fourth-order valence-electron chi connectivity index (χ4n) is 1.15. The van der Waals surface area contributed by atoms with Crippen LogP contribution in [0.1, 0.15) is 6.92 Å². The molecule has 1 amide bonds. The molecule has 0 spiro atoms. The van der Waals surface area contributed by atoms with Crippen LogP contribution in [-0.2, 0) is 4.79 Å². The quantitative estimate of drug-likeness (QED) is 0.661. The Kier molecular flexibility index (Phi) is 4.25. The summed E-state index contributed by atoms with van der Waals surface area (Å²) in [5.74, 6) is -1.63. The zero-order chi connectivity index (χ0) is 15.7. The van der Waals surface area contributed by atoms with E-state index in [1.807, 2.05) is 0 Å². The summed E-state index contributed by atoms with van der Waals surface area (Å²) < 4.78 is 37.7. The number of rotatable bonds is 3. The number of anilines is 1. The molecule has 0 fully saturated rings. The third-order valence-corrected chi connectivity index (χ3v) is 2.70. The van der Waals surface area contributed by atoms with Crippen molar-refractivity contribution in [1.29, 1.82) is 0 Å². The van der Waals surface area contributed by atoms with Crippen molar-refractivity contribution < 1.29 is 22.9 Å². The molecule has 0 saturated carbocycles. The minimum absolute atomic E-state index is 0.0108. The van der Waals surface area contributed by atoms with Crippen LogP contribution in [0.3, 0.4) is 0 Å². The van der Waals surface area contributed by atoms with E-state index in [-0.39, 0.29) is 5.02 Å². The minimum atomic E-state index is -5.01. The molecule has 110 valence electrons. The van der Waals surface area contributed by atoms with Gasteiger partial charge in [-0.25, -0.2) is 0 Å². The van der Waals surface area contributed by atoms with Crippen molar-refractivity contribution in [3.63, 3.8) is 0 Å². The Morgan fingerprint density at radius 3 is 2.45 bits per heavy atom. The van der Waals surface area contributed by atoms with E-state index in [0.717, 1.165) is 12.1 Å². The summed E-state index contributed by atoms with van der Waals surface area (Å²) in [6.45, 7) is 0.457. The molecule has 0 aromatic heterocycles. The number of nitro groups is 1. The highest BCUT2D eigenvalue weighted by atomic mass is 35.5. The topological polar surface area (TPSA) is 98.3 Å². The number of benzene rings is 1. The SMILES string of the molecule is CC(N)(C(=O)Nc1cc(Cl)ccc1[N+](=O)[O-])C(F)(F)F. The van der Waals surface area contributed by atoms with E-state index >= 15 is 0 Å². The highest BCUT2D eigenvalue weighted by molar-refractivity contribution is 6.31. The molecule has 0 radical (unpaired) electrons. The Bertz CT molecular complexity index is 560. The van der Waals surface area contributed by atoms with E-state index in [4.69, 9.17) is 17.3 Å². The third kappa shape index (κ3) is 3.17. The van der Waals surface area contributed by atoms with Crippen LogP contribution in [0.2, 0.25) is 5.02 Å². The zero-order valence-electron chi connectivity index (χ0n) is 9.99.